The Morgan fingerprint density at radius 3 is 2.67 bits per heavy atom. The van der Waals surface area contributed by atoms with Crippen LogP contribution in [0.25, 0.3) is 0 Å². The molecule has 1 fully saturated rings. The van der Waals surface area contributed by atoms with Gasteiger partial charge in [0.05, 0.1) is 19.8 Å². The Labute approximate surface area is 90.6 Å². The van der Waals surface area contributed by atoms with Crippen molar-refractivity contribution in [1.82, 2.24) is 4.90 Å². The zero-order chi connectivity index (χ0) is 11.1. The van der Waals surface area contributed by atoms with E-state index in [0.717, 1.165) is 37.7 Å². The number of nitrogens with zero attached hydrogens (tertiary/aromatic N) is 2. The fourth-order valence-electron chi connectivity index (χ4n) is 1.42. The minimum atomic E-state index is -0.00708. The number of aliphatic imine (C=N–C) groups is 1. The fourth-order valence-corrected chi connectivity index (χ4v) is 1.42. The summed E-state index contributed by atoms with van der Waals surface area (Å²) in [4.78, 5) is 6.34. The molecule has 1 saturated heterocycles. The van der Waals surface area contributed by atoms with E-state index in [9.17, 15) is 0 Å². The van der Waals surface area contributed by atoms with Crippen LogP contribution in [-0.2, 0) is 4.74 Å². The molecule has 0 radical (unpaired) electrons. The monoisotopic (exact) mass is 210 g/mol. The number of hydrogen-bond donors (Lipinski definition) is 1. The zero-order valence-corrected chi connectivity index (χ0v) is 9.15. The van der Waals surface area contributed by atoms with Gasteiger partial charge in [-0.3, -0.25) is 4.99 Å². The lowest BCUT2D eigenvalue weighted by atomic mass is 10.2. The molecule has 1 aliphatic heterocycles. The topological polar surface area (TPSA) is 45.1 Å². The van der Waals surface area contributed by atoms with E-state index in [0.29, 0.717) is 0 Å². The lowest BCUT2D eigenvalue weighted by Gasteiger charge is -2.28. The number of aliphatic hydroxyl groups excluding tert-OH is 1. The van der Waals surface area contributed by atoms with Crippen LogP contribution in [0, 0.1) is 0 Å². The van der Waals surface area contributed by atoms with E-state index in [1.165, 1.54) is 0 Å². The molecule has 1 N–H and O–H groups in total. The normalized spacial score (nSPS) is 19.2. The van der Waals surface area contributed by atoms with Crippen LogP contribution in [0.2, 0.25) is 0 Å². The van der Waals surface area contributed by atoms with Gasteiger partial charge in [-0.25, -0.2) is 0 Å². The second-order valence-corrected chi connectivity index (χ2v) is 3.26. The lowest BCUT2D eigenvalue weighted by Crippen LogP contribution is -2.40. The summed E-state index contributed by atoms with van der Waals surface area (Å²) in [5.41, 5.74) is 0.780. The molecular formula is C11H18N2O2. The Hall–Kier alpha value is -1.13. The van der Waals surface area contributed by atoms with E-state index in [-0.39, 0.29) is 6.61 Å². The van der Waals surface area contributed by atoms with Gasteiger partial charge >= 0.3 is 0 Å². The summed E-state index contributed by atoms with van der Waals surface area (Å²) < 4.78 is 5.27. The van der Waals surface area contributed by atoms with Gasteiger partial charge in [-0.1, -0.05) is 12.7 Å². The summed E-state index contributed by atoms with van der Waals surface area (Å²) in [6.07, 6.45) is 3.50. The van der Waals surface area contributed by atoms with Crippen LogP contribution in [0.5, 0.6) is 0 Å². The second kappa shape index (κ2) is 6.37. The van der Waals surface area contributed by atoms with Gasteiger partial charge in [0.2, 0.25) is 0 Å². The van der Waals surface area contributed by atoms with Crippen molar-refractivity contribution in [1.29, 1.82) is 0 Å². The van der Waals surface area contributed by atoms with E-state index in [1.807, 2.05) is 6.08 Å². The average Bonchev–Trinajstić information content (AvgIpc) is 2.32. The Morgan fingerprint density at radius 1 is 1.53 bits per heavy atom. The Bertz CT molecular complexity index is 266. The summed E-state index contributed by atoms with van der Waals surface area (Å²) in [6, 6.07) is 0. The number of aliphatic hydroxyl groups is 1. The van der Waals surface area contributed by atoms with E-state index >= 15 is 0 Å². The van der Waals surface area contributed by atoms with E-state index in [1.54, 1.807) is 13.1 Å². The van der Waals surface area contributed by atoms with Crippen LogP contribution < -0.4 is 0 Å². The van der Waals surface area contributed by atoms with Gasteiger partial charge in [-0.2, -0.15) is 0 Å². The summed E-state index contributed by atoms with van der Waals surface area (Å²) in [5, 5.41) is 9.03. The molecule has 0 aromatic heterocycles. The highest BCUT2D eigenvalue weighted by Gasteiger charge is 2.12. The van der Waals surface area contributed by atoms with Crippen molar-refractivity contribution >= 4 is 5.84 Å². The highest BCUT2D eigenvalue weighted by atomic mass is 16.5. The van der Waals surface area contributed by atoms with Gasteiger partial charge in [0.1, 0.15) is 5.84 Å². The molecule has 0 aromatic rings. The standard InChI is InChI=1S/C11H18N2O2/c1-3-10(9-14)8-11(12-2)13-4-6-15-7-5-13/h3,8,14H,1,4-7,9H2,2H3/b10-8+,12-11?. The third-order valence-corrected chi connectivity index (χ3v) is 2.32. The van der Waals surface area contributed by atoms with E-state index in [4.69, 9.17) is 9.84 Å². The van der Waals surface area contributed by atoms with Crippen LogP contribution in [0.1, 0.15) is 0 Å². The van der Waals surface area contributed by atoms with E-state index < -0.39 is 0 Å². The van der Waals surface area contributed by atoms with Crippen molar-refractivity contribution in [3.05, 3.63) is 24.3 Å². The minimum absolute atomic E-state index is 0.00708. The van der Waals surface area contributed by atoms with Gasteiger partial charge in [0.25, 0.3) is 0 Å². The molecule has 15 heavy (non-hydrogen) atoms. The van der Waals surface area contributed by atoms with Gasteiger partial charge in [-0.15, -0.1) is 0 Å². The lowest BCUT2D eigenvalue weighted by molar-refractivity contribution is 0.0684. The Balaban J connectivity index is 2.70. The molecule has 0 amide bonds. The summed E-state index contributed by atoms with van der Waals surface area (Å²) >= 11 is 0. The van der Waals surface area contributed by atoms with Crippen molar-refractivity contribution in [3.8, 4) is 0 Å². The van der Waals surface area contributed by atoms with Gasteiger partial charge in [0, 0.05) is 20.1 Å². The molecule has 0 unspecified atom stereocenters. The molecule has 0 spiro atoms. The smallest absolute Gasteiger partial charge is 0.123 e. The molecular weight excluding hydrogens is 192 g/mol. The SMILES string of the molecule is C=C/C(=C\C(=NC)N1CCOCC1)CO. The van der Waals surface area contributed by atoms with Crippen molar-refractivity contribution in [2.75, 3.05) is 40.0 Å². The second-order valence-electron chi connectivity index (χ2n) is 3.26. The van der Waals surface area contributed by atoms with Crippen LogP contribution >= 0.6 is 0 Å². The summed E-state index contributed by atoms with van der Waals surface area (Å²) in [6.45, 7) is 6.79. The average molecular weight is 210 g/mol. The first-order chi connectivity index (χ1) is 7.31. The first-order valence-corrected chi connectivity index (χ1v) is 5.05. The first-order valence-electron chi connectivity index (χ1n) is 5.05. The molecule has 1 rings (SSSR count). The number of ether oxygens (including phenoxy) is 1. The maximum Gasteiger partial charge on any atom is 0.123 e. The number of amidine groups is 1. The van der Waals surface area contributed by atoms with Crippen molar-refractivity contribution < 1.29 is 9.84 Å². The van der Waals surface area contributed by atoms with Gasteiger partial charge < -0.3 is 14.7 Å². The molecule has 1 heterocycles. The third kappa shape index (κ3) is 3.49. The maximum atomic E-state index is 9.03. The predicted molar refractivity (Wildman–Crippen MR) is 61.1 cm³/mol. The molecule has 0 bridgehead atoms. The molecule has 1 aliphatic rings. The van der Waals surface area contributed by atoms with Crippen LogP contribution in [0.15, 0.2) is 29.3 Å². The maximum absolute atomic E-state index is 9.03. The molecule has 0 aromatic carbocycles. The zero-order valence-electron chi connectivity index (χ0n) is 9.15. The van der Waals surface area contributed by atoms with Crippen molar-refractivity contribution in [2.45, 2.75) is 0 Å². The highest BCUT2D eigenvalue weighted by molar-refractivity contribution is 5.94. The molecule has 0 aliphatic carbocycles. The minimum Gasteiger partial charge on any atom is -0.392 e. The quantitative estimate of drug-likeness (QED) is 0.418. The Kier molecular flexibility index (Phi) is 5.07. The molecule has 0 atom stereocenters. The van der Waals surface area contributed by atoms with E-state index in [2.05, 4.69) is 16.5 Å². The fraction of sp³-hybridized carbons (Fsp3) is 0.545. The highest BCUT2D eigenvalue weighted by Crippen LogP contribution is 2.03. The predicted octanol–water partition coefficient (Wildman–Crippen LogP) is 0.452. The largest absolute Gasteiger partial charge is 0.392 e. The van der Waals surface area contributed by atoms with Crippen LogP contribution in [0.4, 0.5) is 0 Å². The molecule has 84 valence electrons. The molecule has 0 saturated carbocycles. The number of hydrogen-bond acceptors (Lipinski definition) is 3. The summed E-state index contributed by atoms with van der Waals surface area (Å²) in [7, 11) is 1.75. The molecule has 4 nitrogen and oxygen atoms in total. The van der Waals surface area contributed by atoms with Crippen molar-refractivity contribution in [3.63, 3.8) is 0 Å². The first kappa shape index (κ1) is 11.9. The number of rotatable bonds is 3. The molecule has 4 heteroatoms. The summed E-state index contributed by atoms with van der Waals surface area (Å²) in [5.74, 6) is 0.877. The Morgan fingerprint density at radius 2 is 2.20 bits per heavy atom. The van der Waals surface area contributed by atoms with Crippen LogP contribution in [-0.4, -0.2) is 55.8 Å². The van der Waals surface area contributed by atoms with Crippen molar-refractivity contribution in [2.24, 2.45) is 4.99 Å². The number of morpholine rings is 1. The van der Waals surface area contributed by atoms with Gasteiger partial charge in [0.15, 0.2) is 0 Å². The van der Waals surface area contributed by atoms with Crippen LogP contribution in [0.3, 0.4) is 0 Å². The van der Waals surface area contributed by atoms with Gasteiger partial charge in [-0.05, 0) is 11.6 Å². The third-order valence-electron chi connectivity index (χ3n) is 2.32.